The number of benzene rings is 2. The Hall–Kier alpha value is -3.73. The number of nitrogens with one attached hydrogen (secondary N) is 1. The van der Waals surface area contributed by atoms with E-state index in [4.69, 9.17) is 4.98 Å². The molecule has 0 bridgehead atoms. The molecule has 1 N–H and O–H groups in total. The maximum Gasteiger partial charge on any atom is 0.214 e. The zero-order valence-electron chi connectivity index (χ0n) is 17.5. The van der Waals surface area contributed by atoms with Crippen molar-refractivity contribution in [3.8, 4) is 6.19 Å². The van der Waals surface area contributed by atoms with E-state index in [-0.39, 0.29) is 11.9 Å². The number of hydrogen-bond acceptors (Lipinski definition) is 5. The van der Waals surface area contributed by atoms with Crippen molar-refractivity contribution in [2.24, 2.45) is 10.9 Å². The van der Waals surface area contributed by atoms with Crippen LogP contribution in [0.1, 0.15) is 13.8 Å². The lowest BCUT2D eigenvalue weighted by atomic mass is 9.99. The van der Waals surface area contributed by atoms with Crippen LogP contribution < -0.4 is 10.2 Å². The molecule has 8 heteroatoms. The van der Waals surface area contributed by atoms with E-state index >= 15 is 0 Å². The summed E-state index contributed by atoms with van der Waals surface area (Å²) in [7, 11) is 0. The molecule has 2 aromatic carbocycles. The minimum Gasteiger partial charge on any atom is -0.351 e. The Morgan fingerprint density at radius 3 is 2.61 bits per heavy atom. The molecule has 0 radical (unpaired) electrons. The molecule has 1 atom stereocenters. The number of piperazine rings is 1. The van der Waals surface area contributed by atoms with Crippen molar-refractivity contribution < 1.29 is 4.39 Å². The van der Waals surface area contributed by atoms with E-state index in [0.717, 1.165) is 23.4 Å². The molecule has 1 saturated heterocycles. The van der Waals surface area contributed by atoms with E-state index in [1.54, 1.807) is 12.1 Å². The van der Waals surface area contributed by atoms with Crippen molar-refractivity contribution in [2.45, 2.75) is 19.9 Å². The number of rotatable bonds is 3. The number of fused-ring (bicyclic) bond motifs is 1. The highest BCUT2D eigenvalue weighted by molar-refractivity contribution is 5.94. The topological polar surface area (TPSA) is 80.4 Å². The van der Waals surface area contributed by atoms with Crippen LogP contribution in [0, 0.1) is 23.2 Å². The van der Waals surface area contributed by atoms with Gasteiger partial charge in [-0.25, -0.2) is 9.37 Å². The zero-order chi connectivity index (χ0) is 21.8. The second-order valence-corrected chi connectivity index (χ2v) is 7.83. The molecule has 1 aliphatic rings. The number of nitrogens with zero attached hydrogens (tertiary/aromatic N) is 6. The van der Waals surface area contributed by atoms with Crippen molar-refractivity contribution in [1.29, 1.82) is 5.26 Å². The normalized spacial score (nSPS) is 17.1. The fourth-order valence-corrected chi connectivity index (χ4v) is 3.83. The Kier molecular flexibility index (Phi) is 5.94. The van der Waals surface area contributed by atoms with Crippen molar-refractivity contribution >= 4 is 28.5 Å². The second-order valence-electron chi connectivity index (χ2n) is 7.83. The smallest absolute Gasteiger partial charge is 0.214 e. The summed E-state index contributed by atoms with van der Waals surface area (Å²) in [6.07, 6.45) is 3.71. The van der Waals surface area contributed by atoms with Gasteiger partial charge >= 0.3 is 0 Å². The molecular formula is C23H24FN7. The molecule has 31 heavy (non-hydrogen) atoms. The lowest BCUT2D eigenvalue weighted by Gasteiger charge is -2.44. The first-order valence-corrected chi connectivity index (χ1v) is 10.3. The molecule has 3 aromatic rings. The molecule has 0 aliphatic carbocycles. The maximum atomic E-state index is 13.3. The van der Waals surface area contributed by atoms with Gasteiger partial charge in [-0.2, -0.15) is 5.26 Å². The van der Waals surface area contributed by atoms with Crippen LogP contribution in [0.3, 0.4) is 0 Å². The van der Waals surface area contributed by atoms with Gasteiger partial charge in [-0.1, -0.05) is 26.0 Å². The molecule has 4 rings (SSSR count). The summed E-state index contributed by atoms with van der Waals surface area (Å²) < 4.78 is 13.3. The standard InChI is InChI=1S/C23H24FN7/c1-16(2)21-14-30(22-13-26-19-5-3-4-6-20(19)29-22)11-12-31(21)23(27-15-25)28-18-9-7-17(24)8-10-18/h3-10,13,16,21H,11-12,14H2,1-2H3,(H,27,28). The third-order valence-electron chi connectivity index (χ3n) is 5.48. The van der Waals surface area contributed by atoms with E-state index in [2.05, 4.69) is 38.9 Å². The molecule has 0 amide bonds. The lowest BCUT2D eigenvalue weighted by Crippen LogP contribution is -2.58. The SMILES string of the molecule is CC(C)C1CN(c2cnc3ccccc3n2)CCN1/C(=N/C#N)Nc1ccc(F)cc1. The number of aliphatic imine (C=N–C) groups is 1. The van der Waals surface area contributed by atoms with Gasteiger partial charge in [0, 0.05) is 25.3 Å². The Morgan fingerprint density at radius 2 is 1.90 bits per heavy atom. The Morgan fingerprint density at radius 1 is 1.16 bits per heavy atom. The highest BCUT2D eigenvalue weighted by Gasteiger charge is 2.32. The molecule has 2 heterocycles. The maximum absolute atomic E-state index is 13.3. The summed E-state index contributed by atoms with van der Waals surface area (Å²) >= 11 is 0. The summed E-state index contributed by atoms with van der Waals surface area (Å²) in [4.78, 5) is 17.7. The molecule has 1 fully saturated rings. The number of hydrogen-bond donors (Lipinski definition) is 1. The van der Waals surface area contributed by atoms with Gasteiger partial charge < -0.3 is 15.1 Å². The first-order chi connectivity index (χ1) is 15.0. The summed E-state index contributed by atoms with van der Waals surface area (Å²) in [6, 6.07) is 13.9. The first kappa shape index (κ1) is 20.5. The molecule has 0 spiro atoms. The van der Waals surface area contributed by atoms with Gasteiger partial charge in [-0.3, -0.25) is 4.98 Å². The van der Waals surface area contributed by atoms with Gasteiger partial charge in [-0.15, -0.1) is 4.99 Å². The predicted octanol–water partition coefficient (Wildman–Crippen LogP) is 3.86. The molecule has 158 valence electrons. The highest BCUT2D eigenvalue weighted by Crippen LogP contribution is 2.24. The highest BCUT2D eigenvalue weighted by atomic mass is 19.1. The van der Waals surface area contributed by atoms with Crippen LogP contribution >= 0.6 is 0 Å². The van der Waals surface area contributed by atoms with E-state index in [1.165, 1.54) is 12.1 Å². The van der Waals surface area contributed by atoms with Crippen molar-refractivity contribution in [1.82, 2.24) is 14.9 Å². The van der Waals surface area contributed by atoms with Gasteiger partial charge in [0.15, 0.2) is 0 Å². The van der Waals surface area contributed by atoms with Crippen molar-refractivity contribution in [3.63, 3.8) is 0 Å². The van der Waals surface area contributed by atoms with Gasteiger partial charge in [0.2, 0.25) is 12.2 Å². The summed E-state index contributed by atoms with van der Waals surface area (Å²) in [5, 5.41) is 12.4. The second kappa shape index (κ2) is 8.96. The Balaban J connectivity index is 1.57. The predicted molar refractivity (Wildman–Crippen MR) is 120 cm³/mol. The van der Waals surface area contributed by atoms with E-state index < -0.39 is 0 Å². The molecule has 1 aromatic heterocycles. The van der Waals surface area contributed by atoms with Gasteiger partial charge in [-0.05, 0) is 42.3 Å². The van der Waals surface area contributed by atoms with Crippen LogP contribution in [0.4, 0.5) is 15.9 Å². The fraction of sp³-hybridized carbons (Fsp3) is 0.304. The minimum absolute atomic E-state index is 0.0991. The average molecular weight is 417 g/mol. The summed E-state index contributed by atoms with van der Waals surface area (Å²) in [5.74, 6) is 1.30. The van der Waals surface area contributed by atoms with Crippen LogP contribution in [-0.4, -0.2) is 46.5 Å². The summed E-state index contributed by atoms with van der Waals surface area (Å²) in [5.41, 5.74) is 2.42. The van der Waals surface area contributed by atoms with Gasteiger partial charge in [0.1, 0.15) is 11.6 Å². The third kappa shape index (κ3) is 4.56. The number of anilines is 2. The van der Waals surface area contributed by atoms with Crippen LogP contribution in [0.15, 0.2) is 59.7 Å². The van der Waals surface area contributed by atoms with Crippen LogP contribution in [0.5, 0.6) is 0 Å². The number of aromatic nitrogens is 2. The Labute approximate surface area is 180 Å². The largest absolute Gasteiger partial charge is 0.351 e. The number of nitriles is 1. The average Bonchev–Trinajstić information content (AvgIpc) is 2.79. The van der Waals surface area contributed by atoms with Crippen LogP contribution in [-0.2, 0) is 0 Å². The number of guanidine groups is 1. The van der Waals surface area contributed by atoms with E-state index in [9.17, 15) is 9.65 Å². The van der Waals surface area contributed by atoms with Crippen LogP contribution in [0.2, 0.25) is 0 Å². The fourth-order valence-electron chi connectivity index (χ4n) is 3.83. The molecule has 1 aliphatic heterocycles. The lowest BCUT2D eigenvalue weighted by molar-refractivity contribution is 0.224. The minimum atomic E-state index is -0.311. The molecular weight excluding hydrogens is 393 g/mol. The summed E-state index contributed by atoms with van der Waals surface area (Å²) in [6.45, 7) is 6.39. The van der Waals surface area contributed by atoms with E-state index in [0.29, 0.717) is 30.7 Å². The van der Waals surface area contributed by atoms with Gasteiger partial charge in [0.25, 0.3) is 0 Å². The number of para-hydroxylation sites is 2. The third-order valence-corrected chi connectivity index (χ3v) is 5.48. The Bertz CT molecular complexity index is 1120. The van der Waals surface area contributed by atoms with Crippen molar-refractivity contribution in [2.75, 3.05) is 29.9 Å². The molecule has 1 unspecified atom stereocenters. The quantitative estimate of drug-likeness (QED) is 0.396. The van der Waals surface area contributed by atoms with Crippen LogP contribution in [0.25, 0.3) is 11.0 Å². The zero-order valence-corrected chi connectivity index (χ0v) is 17.5. The van der Waals surface area contributed by atoms with Gasteiger partial charge in [0.05, 0.1) is 23.3 Å². The number of halogens is 1. The first-order valence-electron chi connectivity index (χ1n) is 10.3. The van der Waals surface area contributed by atoms with E-state index in [1.807, 2.05) is 36.7 Å². The van der Waals surface area contributed by atoms with Crippen molar-refractivity contribution in [3.05, 3.63) is 60.5 Å². The molecule has 7 nitrogen and oxygen atoms in total. The monoisotopic (exact) mass is 417 g/mol. The molecule has 0 saturated carbocycles.